The summed E-state index contributed by atoms with van der Waals surface area (Å²) in [5.74, 6) is 0.301. The van der Waals surface area contributed by atoms with Crippen molar-refractivity contribution in [1.29, 1.82) is 0 Å². The number of hydrogen-bond acceptors (Lipinski definition) is 4. The van der Waals surface area contributed by atoms with E-state index in [1.165, 1.54) is 4.80 Å². The number of carbonyl (C=O) groups excluding carboxylic acids is 1. The minimum absolute atomic E-state index is 0.0961. The highest BCUT2D eigenvalue weighted by molar-refractivity contribution is 9.10. The lowest BCUT2D eigenvalue weighted by molar-refractivity contribution is 0.0990. The molecule has 0 atom stereocenters. The molecule has 0 N–H and O–H groups in total. The monoisotopic (exact) mass is 314 g/mol. The smallest absolute Gasteiger partial charge is 0.182 e. The molecule has 17 heavy (non-hydrogen) atoms. The standard InChI is InChI=1S/C10H8BrClN4O/c1-16-14-10(13-15-16)5-9(17)6-2-7(11)4-8(12)3-6/h2-4H,5H2,1H3. The molecule has 1 heterocycles. The van der Waals surface area contributed by atoms with Crippen molar-refractivity contribution in [3.63, 3.8) is 0 Å². The molecule has 0 unspecified atom stereocenters. The Morgan fingerprint density at radius 1 is 1.47 bits per heavy atom. The number of aryl methyl sites for hydroxylation is 1. The molecule has 0 radical (unpaired) electrons. The number of halogens is 2. The van der Waals surface area contributed by atoms with E-state index in [-0.39, 0.29) is 12.2 Å². The zero-order valence-corrected chi connectivity index (χ0v) is 11.2. The topological polar surface area (TPSA) is 60.7 Å². The molecular weight excluding hydrogens is 307 g/mol. The van der Waals surface area contributed by atoms with Crippen LogP contribution in [0.3, 0.4) is 0 Å². The maximum absolute atomic E-state index is 11.9. The van der Waals surface area contributed by atoms with Crippen molar-refractivity contribution in [2.24, 2.45) is 7.05 Å². The lowest BCUT2D eigenvalue weighted by Gasteiger charge is -2.00. The number of carbonyl (C=O) groups is 1. The first-order valence-corrected chi connectivity index (χ1v) is 5.94. The van der Waals surface area contributed by atoms with Crippen LogP contribution in [0.15, 0.2) is 22.7 Å². The number of aromatic nitrogens is 4. The Hall–Kier alpha value is -1.27. The molecule has 0 saturated heterocycles. The third-order valence-electron chi connectivity index (χ3n) is 2.05. The summed E-state index contributed by atoms with van der Waals surface area (Å²) >= 11 is 9.16. The summed E-state index contributed by atoms with van der Waals surface area (Å²) in [4.78, 5) is 13.2. The Labute approximate surface area is 111 Å². The Balaban J connectivity index is 2.19. The van der Waals surface area contributed by atoms with Crippen molar-refractivity contribution < 1.29 is 4.79 Å². The fourth-order valence-electron chi connectivity index (χ4n) is 1.35. The van der Waals surface area contributed by atoms with Crippen LogP contribution in [0.5, 0.6) is 0 Å². The van der Waals surface area contributed by atoms with Gasteiger partial charge in [-0.05, 0) is 23.4 Å². The maximum atomic E-state index is 11.9. The zero-order chi connectivity index (χ0) is 12.4. The van der Waals surface area contributed by atoms with Gasteiger partial charge in [-0.1, -0.05) is 27.5 Å². The second kappa shape index (κ2) is 4.93. The molecular formula is C10H8BrClN4O. The molecule has 1 aromatic carbocycles. The normalized spacial score (nSPS) is 10.5. The summed E-state index contributed by atoms with van der Waals surface area (Å²) in [5, 5.41) is 11.9. The van der Waals surface area contributed by atoms with Crippen LogP contribution in [0.2, 0.25) is 5.02 Å². The van der Waals surface area contributed by atoms with Gasteiger partial charge in [-0.2, -0.15) is 4.80 Å². The first kappa shape index (κ1) is 12.2. The van der Waals surface area contributed by atoms with Crippen molar-refractivity contribution >= 4 is 33.3 Å². The maximum Gasteiger partial charge on any atom is 0.182 e. The minimum Gasteiger partial charge on any atom is -0.294 e. The van der Waals surface area contributed by atoms with Gasteiger partial charge in [0.2, 0.25) is 0 Å². The van der Waals surface area contributed by atoms with E-state index in [0.29, 0.717) is 16.4 Å². The fourth-order valence-corrected chi connectivity index (χ4v) is 2.21. The summed E-state index contributed by atoms with van der Waals surface area (Å²) < 4.78 is 0.764. The molecule has 5 nitrogen and oxygen atoms in total. The number of tetrazole rings is 1. The van der Waals surface area contributed by atoms with Crippen LogP contribution < -0.4 is 0 Å². The molecule has 7 heteroatoms. The Morgan fingerprint density at radius 3 is 2.82 bits per heavy atom. The van der Waals surface area contributed by atoms with Gasteiger partial charge in [0.1, 0.15) is 0 Å². The molecule has 88 valence electrons. The van der Waals surface area contributed by atoms with E-state index < -0.39 is 0 Å². The minimum atomic E-state index is -0.0961. The van der Waals surface area contributed by atoms with Gasteiger partial charge in [-0.25, -0.2) is 0 Å². The van der Waals surface area contributed by atoms with Crippen LogP contribution >= 0.6 is 27.5 Å². The van der Waals surface area contributed by atoms with E-state index in [1.54, 1.807) is 25.2 Å². The number of Topliss-reactive ketones (excluding diaryl/α,β-unsaturated/α-hetero) is 1. The van der Waals surface area contributed by atoms with Gasteiger partial charge in [-0.3, -0.25) is 4.79 Å². The summed E-state index contributed by atoms with van der Waals surface area (Å²) in [6.07, 6.45) is 0.112. The summed E-state index contributed by atoms with van der Waals surface area (Å²) in [6.45, 7) is 0. The van der Waals surface area contributed by atoms with Gasteiger partial charge in [0.15, 0.2) is 11.6 Å². The molecule has 0 aliphatic heterocycles. The summed E-state index contributed by atoms with van der Waals surface area (Å²) in [6, 6.07) is 5.05. The van der Waals surface area contributed by atoms with Crippen molar-refractivity contribution in [2.75, 3.05) is 0 Å². The molecule has 2 aromatic rings. The van der Waals surface area contributed by atoms with E-state index in [0.717, 1.165) is 4.47 Å². The number of benzene rings is 1. The van der Waals surface area contributed by atoms with Crippen molar-refractivity contribution in [3.05, 3.63) is 39.1 Å². The van der Waals surface area contributed by atoms with Gasteiger partial charge in [0, 0.05) is 15.1 Å². The third kappa shape index (κ3) is 3.10. The molecule has 1 aromatic heterocycles. The van der Waals surface area contributed by atoms with Crippen molar-refractivity contribution in [1.82, 2.24) is 20.2 Å². The SMILES string of the molecule is Cn1nnc(CC(=O)c2cc(Cl)cc(Br)c2)n1. The average molecular weight is 316 g/mol. The van der Waals surface area contributed by atoms with E-state index in [4.69, 9.17) is 11.6 Å². The third-order valence-corrected chi connectivity index (χ3v) is 2.73. The molecule has 0 aliphatic rings. The quantitative estimate of drug-likeness (QED) is 0.813. The number of nitrogens with zero attached hydrogens (tertiary/aromatic N) is 4. The Bertz CT molecular complexity index is 549. The first-order chi connectivity index (χ1) is 8.04. The fraction of sp³-hybridized carbons (Fsp3) is 0.200. The van der Waals surface area contributed by atoms with Crippen LogP contribution in [0.1, 0.15) is 16.2 Å². The zero-order valence-electron chi connectivity index (χ0n) is 8.89. The Morgan fingerprint density at radius 2 is 2.24 bits per heavy atom. The summed E-state index contributed by atoms with van der Waals surface area (Å²) in [5.41, 5.74) is 0.525. The van der Waals surface area contributed by atoms with E-state index >= 15 is 0 Å². The van der Waals surface area contributed by atoms with Gasteiger partial charge in [0.05, 0.1) is 13.5 Å². The average Bonchev–Trinajstić information content (AvgIpc) is 2.62. The van der Waals surface area contributed by atoms with Crippen LogP contribution in [-0.4, -0.2) is 26.0 Å². The molecule has 0 saturated carbocycles. The van der Waals surface area contributed by atoms with Crippen LogP contribution in [0, 0.1) is 0 Å². The second-order valence-electron chi connectivity index (χ2n) is 3.45. The largest absolute Gasteiger partial charge is 0.294 e. The van der Waals surface area contributed by atoms with E-state index in [1.807, 2.05) is 0 Å². The van der Waals surface area contributed by atoms with Gasteiger partial charge in [-0.15, -0.1) is 10.2 Å². The van der Waals surface area contributed by atoms with Crippen LogP contribution in [0.25, 0.3) is 0 Å². The molecule has 0 fully saturated rings. The lowest BCUT2D eigenvalue weighted by atomic mass is 10.1. The predicted octanol–water partition coefficient (Wildman–Crippen LogP) is 2.05. The molecule has 0 bridgehead atoms. The van der Waals surface area contributed by atoms with E-state index in [2.05, 4.69) is 31.3 Å². The van der Waals surface area contributed by atoms with Gasteiger partial charge >= 0.3 is 0 Å². The first-order valence-electron chi connectivity index (χ1n) is 4.77. The van der Waals surface area contributed by atoms with Crippen LogP contribution in [-0.2, 0) is 13.5 Å². The Kier molecular flexibility index (Phi) is 3.54. The summed E-state index contributed by atoms with van der Waals surface area (Å²) in [7, 11) is 1.65. The van der Waals surface area contributed by atoms with Crippen molar-refractivity contribution in [3.8, 4) is 0 Å². The predicted molar refractivity (Wildman–Crippen MR) is 66.0 cm³/mol. The highest BCUT2D eigenvalue weighted by Crippen LogP contribution is 2.20. The van der Waals surface area contributed by atoms with Crippen LogP contribution in [0.4, 0.5) is 0 Å². The van der Waals surface area contributed by atoms with Gasteiger partial charge in [0.25, 0.3) is 0 Å². The number of hydrogen-bond donors (Lipinski definition) is 0. The highest BCUT2D eigenvalue weighted by atomic mass is 79.9. The molecule has 0 amide bonds. The highest BCUT2D eigenvalue weighted by Gasteiger charge is 2.12. The molecule has 0 aliphatic carbocycles. The molecule has 2 rings (SSSR count). The van der Waals surface area contributed by atoms with Gasteiger partial charge < -0.3 is 0 Å². The molecule has 0 spiro atoms. The van der Waals surface area contributed by atoms with Crippen molar-refractivity contribution in [2.45, 2.75) is 6.42 Å². The van der Waals surface area contributed by atoms with E-state index in [9.17, 15) is 4.79 Å². The number of ketones is 1. The lowest BCUT2D eigenvalue weighted by Crippen LogP contribution is -2.05. The second-order valence-corrected chi connectivity index (χ2v) is 4.81. The number of rotatable bonds is 3.